The highest BCUT2D eigenvalue weighted by molar-refractivity contribution is 6.33. The van der Waals surface area contributed by atoms with Gasteiger partial charge >= 0.3 is 6.09 Å². The van der Waals surface area contributed by atoms with Crippen LogP contribution < -0.4 is 10.5 Å². The SMILES string of the molecule is C[C@@H]1CN(c2cnn(C)c(=O)c2Cl)[C@H](C)CN1C(=O)OC(C)(C)C. The Morgan fingerprint density at radius 2 is 1.92 bits per heavy atom. The number of amides is 1. The summed E-state index contributed by atoms with van der Waals surface area (Å²) >= 11 is 6.21. The van der Waals surface area contributed by atoms with E-state index in [9.17, 15) is 9.59 Å². The fourth-order valence-corrected chi connectivity index (χ4v) is 3.02. The highest BCUT2D eigenvalue weighted by Gasteiger charge is 2.35. The molecule has 1 aliphatic rings. The average molecular weight is 357 g/mol. The summed E-state index contributed by atoms with van der Waals surface area (Å²) in [4.78, 5) is 28.1. The third-order valence-electron chi connectivity index (χ3n) is 3.98. The first-order valence-electron chi connectivity index (χ1n) is 7.99. The zero-order valence-electron chi connectivity index (χ0n) is 15.0. The predicted octanol–water partition coefficient (Wildman–Crippen LogP) is 2.27. The van der Waals surface area contributed by atoms with Crippen molar-refractivity contribution < 1.29 is 9.53 Å². The van der Waals surface area contributed by atoms with Gasteiger partial charge in [-0.2, -0.15) is 5.10 Å². The van der Waals surface area contributed by atoms with Crippen molar-refractivity contribution in [1.29, 1.82) is 0 Å². The van der Waals surface area contributed by atoms with Gasteiger partial charge in [-0.05, 0) is 34.6 Å². The molecular formula is C16H25ClN4O3. The molecule has 0 spiro atoms. The van der Waals surface area contributed by atoms with E-state index in [0.717, 1.165) is 0 Å². The lowest BCUT2D eigenvalue weighted by Gasteiger charge is -2.45. The van der Waals surface area contributed by atoms with Crippen LogP contribution in [-0.4, -0.2) is 51.5 Å². The van der Waals surface area contributed by atoms with Gasteiger partial charge in [0.15, 0.2) is 0 Å². The molecular weight excluding hydrogens is 332 g/mol. The summed E-state index contributed by atoms with van der Waals surface area (Å²) in [5.41, 5.74) is -0.262. The highest BCUT2D eigenvalue weighted by Crippen LogP contribution is 2.28. The number of nitrogens with zero attached hydrogens (tertiary/aromatic N) is 4. The first-order valence-corrected chi connectivity index (χ1v) is 8.37. The molecule has 2 rings (SSSR count). The topological polar surface area (TPSA) is 67.7 Å². The van der Waals surface area contributed by atoms with E-state index in [1.54, 1.807) is 18.1 Å². The fraction of sp³-hybridized carbons (Fsp3) is 0.688. The Bertz CT molecular complexity index is 683. The van der Waals surface area contributed by atoms with Crippen molar-refractivity contribution in [2.75, 3.05) is 18.0 Å². The van der Waals surface area contributed by atoms with E-state index in [2.05, 4.69) is 5.10 Å². The lowest BCUT2D eigenvalue weighted by Crippen LogP contribution is -2.59. The van der Waals surface area contributed by atoms with Gasteiger partial charge in [-0.1, -0.05) is 11.6 Å². The Morgan fingerprint density at radius 1 is 1.29 bits per heavy atom. The molecule has 0 aliphatic carbocycles. The molecule has 0 bridgehead atoms. The molecule has 0 radical (unpaired) electrons. The van der Waals surface area contributed by atoms with Crippen LogP contribution in [0.5, 0.6) is 0 Å². The van der Waals surface area contributed by atoms with E-state index in [1.165, 1.54) is 4.68 Å². The van der Waals surface area contributed by atoms with E-state index >= 15 is 0 Å². The molecule has 0 unspecified atom stereocenters. The smallest absolute Gasteiger partial charge is 0.410 e. The summed E-state index contributed by atoms with van der Waals surface area (Å²) in [5.74, 6) is 0. The van der Waals surface area contributed by atoms with Crippen molar-refractivity contribution in [3.05, 3.63) is 21.6 Å². The molecule has 0 saturated carbocycles. The van der Waals surface area contributed by atoms with Crippen LogP contribution >= 0.6 is 11.6 Å². The summed E-state index contributed by atoms with van der Waals surface area (Å²) < 4.78 is 6.68. The Morgan fingerprint density at radius 3 is 2.50 bits per heavy atom. The van der Waals surface area contributed by atoms with E-state index in [1.807, 2.05) is 39.5 Å². The summed E-state index contributed by atoms with van der Waals surface area (Å²) in [6.07, 6.45) is 1.27. The van der Waals surface area contributed by atoms with Crippen LogP contribution in [-0.2, 0) is 11.8 Å². The van der Waals surface area contributed by atoms with Crippen molar-refractivity contribution in [3.8, 4) is 0 Å². The van der Waals surface area contributed by atoms with Crippen LogP contribution in [0, 0.1) is 0 Å². The molecule has 2 atom stereocenters. The molecule has 24 heavy (non-hydrogen) atoms. The molecule has 1 amide bonds. The third-order valence-corrected chi connectivity index (χ3v) is 4.34. The number of hydrogen-bond donors (Lipinski definition) is 0. The summed E-state index contributed by atoms with van der Waals surface area (Å²) in [6, 6.07) is -0.0868. The quantitative estimate of drug-likeness (QED) is 0.772. The minimum absolute atomic E-state index is 0.0138. The summed E-state index contributed by atoms with van der Waals surface area (Å²) in [6.45, 7) is 10.5. The number of ether oxygens (including phenoxy) is 1. The standard InChI is InChI=1S/C16H25ClN4O3/c1-10-9-21(15(23)24-16(3,4)5)11(2)8-20(10)12-7-18-19(6)14(22)13(12)17/h7,10-11H,8-9H2,1-6H3/t10-,11-/m1/s1. The van der Waals surface area contributed by atoms with Crippen molar-refractivity contribution >= 4 is 23.4 Å². The predicted molar refractivity (Wildman–Crippen MR) is 93.7 cm³/mol. The number of aromatic nitrogens is 2. The Labute approximate surface area is 147 Å². The monoisotopic (exact) mass is 356 g/mol. The van der Waals surface area contributed by atoms with E-state index in [-0.39, 0.29) is 28.8 Å². The van der Waals surface area contributed by atoms with Crippen molar-refractivity contribution in [2.45, 2.75) is 52.3 Å². The minimum Gasteiger partial charge on any atom is -0.444 e. The maximum absolute atomic E-state index is 12.4. The Kier molecular flexibility index (Phi) is 5.13. The van der Waals surface area contributed by atoms with Crippen LogP contribution in [0.4, 0.5) is 10.5 Å². The van der Waals surface area contributed by atoms with Gasteiger partial charge in [-0.15, -0.1) is 0 Å². The fourth-order valence-electron chi connectivity index (χ4n) is 2.74. The number of halogens is 1. The van der Waals surface area contributed by atoms with E-state index < -0.39 is 5.60 Å². The largest absolute Gasteiger partial charge is 0.444 e. The van der Waals surface area contributed by atoms with Gasteiger partial charge in [-0.3, -0.25) is 4.79 Å². The number of carbonyl (C=O) groups is 1. The zero-order valence-corrected chi connectivity index (χ0v) is 15.8. The van der Waals surface area contributed by atoms with Gasteiger partial charge in [-0.25, -0.2) is 9.48 Å². The lowest BCUT2D eigenvalue weighted by molar-refractivity contribution is 0.0130. The average Bonchev–Trinajstić information content (AvgIpc) is 2.45. The first kappa shape index (κ1) is 18.6. The molecule has 0 N–H and O–H groups in total. The van der Waals surface area contributed by atoms with Gasteiger partial charge in [0.1, 0.15) is 10.6 Å². The molecule has 2 heterocycles. The molecule has 8 heteroatoms. The maximum atomic E-state index is 12.4. The molecule has 1 fully saturated rings. The van der Waals surface area contributed by atoms with Crippen LogP contribution in [0.3, 0.4) is 0 Å². The van der Waals surface area contributed by atoms with Gasteiger partial charge in [0.25, 0.3) is 5.56 Å². The van der Waals surface area contributed by atoms with Crippen molar-refractivity contribution in [3.63, 3.8) is 0 Å². The van der Waals surface area contributed by atoms with Crippen LogP contribution in [0.1, 0.15) is 34.6 Å². The van der Waals surface area contributed by atoms with Crippen molar-refractivity contribution in [2.24, 2.45) is 7.05 Å². The van der Waals surface area contributed by atoms with Crippen LogP contribution in [0.2, 0.25) is 5.02 Å². The van der Waals surface area contributed by atoms with Gasteiger partial charge in [0.05, 0.1) is 11.9 Å². The van der Waals surface area contributed by atoms with Crippen molar-refractivity contribution in [1.82, 2.24) is 14.7 Å². The zero-order chi connectivity index (χ0) is 18.2. The molecule has 1 aliphatic heterocycles. The molecule has 1 aromatic rings. The van der Waals surface area contributed by atoms with Gasteiger partial charge in [0.2, 0.25) is 0 Å². The Hall–Kier alpha value is -1.76. The second kappa shape index (κ2) is 6.63. The van der Waals surface area contributed by atoms with Crippen LogP contribution in [0.25, 0.3) is 0 Å². The first-order chi connectivity index (χ1) is 11.0. The second-order valence-corrected chi connectivity index (χ2v) is 7.63. The maximum Gasteiger partial charge on any atom is 0.410 e. The number of aryl methyl sites for hydroxylation is 1. The van der Waals surface area contributed by atoms with E-state index in [0.29, 0.717) is 18.8 Å². The second-order valence-electron chi connectivity index (χ2n) is 7.26. The number of anilines is 1. The minimum atomic E-state index is -0.532. The molecule has 0 aromatic carbocycles. The number of rotatable bonds is 1. The van der Waals surface area contributed by atoms with Gasteiger partial charge < -0.3 is 14.5 Å². The molecule has 1 saturated heterocycles. The number of hydrogen-bond acceptors (Lipinski definition) is 5. The number of carbonyl (C=O) groups excluding carboxylic acids is 1. The van der Waals surface area contributed by atoms with E-state index in [4.69, 9.17) is 16.3 Å². The summed E-state index contributed by atoms with van der Waals surface area (Å²) in [5, 5.41) is 4.20. The normalized spacial score (nSPS) is 21.8. The van der Waals surface area contributed by atoms with Gasteiger partial charge in [0, 0.05) is 32.2 Å². The Balaban J connectivity index is 2.21. The van der Waals surface area contributed by atoms with Crippen LogP contribution in [0.15, 0.2) is 11.0 Å². The summed E-state index contributed by atoms with van der Waals surface area (Å²) in [7, 11) is 1.56. The molecule has 1 aromatic heterocycles. The lowest BCUT2D eigenvalue weighted by atomic mass is 10.1. The third kappa shape index (κ3) is 3.83. The molecule has 134 valence electrons. The highest BCUT2D eigenvalue weighted by atomic mass is 35.5. The molecule has 7 nitrogen and oxygen atoms in total. The number of piperazine rings is 1.